The van der Waals surface area contributed by atoms with Crippen LogP contribution in [0.15, 0.2) is 49.1 Å². The lowest BCUT2D eigenvalue weighted by Crippen LogP contribution is -2.01. The second-order valence-corrected chi connectivity index (χ2v) is 3.25. The van der Waals surface area contributed by atoms with Crippen LogP contribution in [0.25, 0.3) is 0 Å². The lowest BCUT2D eigenvalue weighted by atomic mass is 10.2. The van der Waals surface area contributed by atoms with Crippen molar-refractivity contribution in [2.75, 3.05) is 6.54 Å². The zero-order valence-corrected chi connectivity index (χ0v) is 9.00. The first-order valence-corrected chi connectivity index (χ1v) is 4.99. The van der Waals surface area contributed by atoms with Gasteiger partial charge in [-0.05, 0) is 18.5 Å². The number of nitrogens with two attached hydrogens (primary N) is 1. The molecule has 0 fully saturated rings. The van der Waals surface area contributed by atoms with E-state index in [0.29, 0.717) is 0 Å². The van der Waals surface area contributed by atoms with Crippen molar-refractivity contribution in [3.63, 3.8) is 0 Å². The van der Waals surface area contributed by atoms with Gasteiger partial charge in [0.05, 0.1) is 6.33 Å². The number of imidazole rings is 1. The Bertz CT molecular complexity index is 340. The van der Waals surface area contributed by atoms with Gasteiger partial charge in [0, 0.05) is 19.4 Å². The maximum absolute atomic E-state index is 5.36. The number of benzene rings is 1. The van der Waals surface area contributed by atoms with Gasteiger partial charge in [0.1, 0.15) is 0 Å². The van der Waals surface area contributed by atoms with Crippen LogP contribution >= 0.6 is 0 Å². The first-order chi connectivity index (χ1) is 7.33. The van der Waals surface area contributed by atoms with Crippen LogP contribution in [0.1, 0.15) is 5.56 Å². The van der Waals surface area contributed by atoms with Gasteiger partial charge < -0.3 is 10.3 Å². The largest absolute Gasteiger partial charge is 0.341 e. The van der Waals surface area contributed by atoms with Crippen LogP contribution in [-0.2, 0) is 13.5 Å². The molecule has 15 heavy (non-hydrogen) atoms. The third kappa shape index (κ3) is 4.98. The highest BCUT2D eigenvalue weighted by molar-refractivity contribution is 5.14. The highest BCUT2D eigenvalue weighted by Gasteiger charge is 1.84. The number of hydrogen-bond donors (Lipinski definition) is 1. The summed E-state index contributed by atoms with van der Waals surface area (Å²) in [6.07, 6.45) is 6.38. The van der Waals surface area contributed by atoms with Gasteiger partial charge in [-0.15, -0.1) is 0 Å². The molecule has 2 rings (SSSR count). The SMILES string of the molecule is Cn1ccnc1.NCCc1ccccc1. The molecule has 2 aromatic rings. The third-order valence-corrected chi connectivity index (χ3v) is 1.91. The average Bonchev–Trinajstić information content (AvgIpc) is 2.72. The van der Waals surface area contributed by atoms with E-state index in [4.69, 9.17) is 5.73 Å². The van der Waals surface area contributed by atoms with E-state index in [1.54, 1.807) is 12.5 Å². The minimum Gasteiger partial charge on any atom is -0.341 e. The highest BCUT2D eigenvalue weighted by Crippen LogP contribution is 1.96. The maximum Gasteiger partial charge on any atom is 0.0943 e. The first-order valence-electron chi connectivity index (χ1n) is 4.99. The molecule has 0 amide bonds. The summed E-state index contributed by atoms with van der Waals surface area (Å²) in [6, 6.07) is 10.3. The van der Waals surface area contributed by atoms with Crippen molar-refractivity contribution in [3.05, 3.63) is 54.6 Å². The van der Waals surface area contributed by atoms with Crippen LogP contribution in [0, 0.1) is 0 Å². The summed E-state index contributed by atoms with van der Waals surface area (Å²) in [4.78, 5) is 3.78. The minimum absolute atomic E-state index is 0.740. The molecule has 1 aromatic heterocycles. The van der Waals surface area contributed by atoms with Crippen LogP contribution in [0.2, 0.25) is 0 Å². The van der Waals surface area contributed by atoms with Crippen molar-refractivity contribution in [3.8, 4) is 0 Å². The fourth-order valence-electron chi connectivity index (χ4n) is 1.14. The quantitative estimate of drug-likeness (QED) is 0.805. The van der Waals surface area contributed by atoms with Gasteiger partial charge in [-0.2, -0.15) is 0 Å². The molecular weight excluding hydrogens is 186 g/mol. The van der Waals surface area contributed by atoms with E-state index < -0.39 is 0 Å². The van der Waals surface area contributed by atoms with E-state index in [2.05, 4.69) is 17.1 Å². The Hall–Kier alpha value is -1.61. The standard InChI is InChI=1S/C8H11N.C4H6N2/c9-7-6-8-4-2-1-3-5-8;1-6-3-2-5-4-6/h1-5H,6-7,9H2;2-4H,1H3. The lowest BCUT2D eigenvalue weighted by molar-refractivity contribution is 0.913. The van der Waals surface area contributed by atoms with Gasteiger partial charge in [-0.25, -0.2) is 4.98 Å². The van der Waals surface area contributed by atoms with Crippen molar-refractivity contribution in [2.24, 2.45) is 12.8 Å². The molecule has 0 aliphatic rings. The van der Waals surface area contributed by atoms with Crippen LogP contribution in [0.5, 0.6) is 0 Å². The number of nitrogens with zero attached hydrogens (tertiary/aromatic N) is 2. The molecule has 0 aliphatic carbocycles. The number of aromatic nitrogens is 2. The fraction of sp³-hybridized carbons (Fsp3) is 0.250. The van der Waals surface area contributed by atoms with Gasteiger partial charge in [-0.3, -0.25) is 0 Å². The van der Waals surface area contributed by atoms with Crippen molar-refractivity contribution >= 4 is 0 Å². The normalized spacial score (nSPS) is 9.20. The van der Waals surface area contributed by atoms with Crippen molar-refractivity contribution in [1.29, 1.82) is 0 Å². The molecule has 0 atom stereocenters. The molecule has 3 heteroatoms. The van der Waals surface area contributed by atoms with E-state index in [1.807, 2.05) is 36.0 Å². The molecule has 0 unspecified atom stereocenters. The predicted octanol–water partition coefficient (Wildman–Crippen LogP) is 1.61. The Morgan fingerprint density at radius 3 is 2.40 bits per heavy atom. The topological polar surface area (TPSA) is 43.8 Å². The van der Waals surface area contributed by atoms with Crippen LogP contribution < -0.4 is 5.73 Å². The lowest BCUT2D eigenvalue weighted by Gasteiger charge is -1.93. The van der Waals surface area contributed by atoms with E-state index >= 15 is 0 Å². The minimum atomic E-state index is 0.740. The van der Waals surface area contributed by atoms with Gasteiger partial charge in [0.15, 0.2) is 0 Å². The van der Waals surface area contributed by atoms with E-state index in [1.165, 1.54) is 5.56 Å². The summed E-state index contributed by atoms with van der Waals surface area (Å²) in [7, 11) is 1.94. The Kier molecular flexibility index (Phi) is 5.19. The van der Waals surface area contributed by atoms with Crippen molar-refractivity contribution < 1.29 is 0 Å². The molecule has 0 saturated heterocycles. The first kappa shape index (κ1) is 11.5. The molecule has 0 spiro atoms. The molecule has 0 saturated carbocycles. The zero-order valence-electron chi connectivity index (χ0n) is 9.00. The van der Waals surface area contributed by atoms with Gasteiger partial charge in [0.25, 0.3) is 0 Å². The summed E-state index contributed by atoms with van der Waals surface area (Å²) < 4.78 is 1.89. The van der Waals surface area contributed by atoms with Crippen LogP contribution in [0.4, 0.5) is 0 Å². The number of hydrogen-bond acceptors (Lipinski definition) is 2. The van der Waals surface area contributed by atoms with E-state index in [9.17, 15) is 0 Å². The Morgan fingerprint density at radius 1 is 1.27 bits per heavy atom. The monoisotopic (exact) mass is 203 g/mol. The molecule has 80 valence electrons. The Balaban J connectivity index is 0.000000162. The molecule has 3 nitrogen and oxygen atoms in total. The van der Waals surface area contributed by atoms with Gasteiger partial charge >= 0.3 is 0 Å². The summed E-state index contributed by atoms with van der Waals surface area (Å²) >= 11 is 0. The Morgan fingerprint density at radius 2 is 2.00 bits per heavy atom. The third-order valence-electron chi connectivity index (χ3n) is 1.91. The Labute approximate surface area is 90.6 Å². The number of rotatable bonds is 2. The summed E-state index contributed by atoms with van der Waals surface area (Å²) in [5.74, 6) is 0. The summed E-state index contributed by atoms with van der Waals surface area (Å²) in [5.41, 5.74) is 6.68. The molecule has 1 aromatic carbocycles. The van der Waals surface area contributed by atoms with Crippen molar-refractivity contribution in [2.45, 2.75) is 6.42 Å². The summed E-state index contributed by atoms with van der Waals surface area (Å²) in [6.45, 7) is 0.740. The number of aryl methyl sites for hydroxylation is 1. The van der Waals surface area contributed by atoms with Gasteiger partial charge in [0.2, 0.25) is 0 Å². The predicted molar refractivity (Wildman–Crippen MR) is 62.4 cm³/mol. The van der Waals surface area contributed by atoms with Crippen LogP contribution in [0.3, 0.4) is 0 Å². The molecule has 2 N–H and O–H groups in total. The second kappa shape index (κ2) is 6.79. The summed E-state index contributed by atoms with van der Waals surface area (Å²) in [5, 5.41) is 0. The highest BCUT2D eigenvalue weighted by atomic mass is 15.0. The van der Waals surface area contributed by atoms with E-state index in [-0.39, 0.29) is 0 Å². The molecular formula is C12H17N3. The van der Waals surface area contributed by atoms with E-state index in [0.717, 1.165) is 13.0 Å². The molecule has 0 aliphatic heterocycles. The smallest absolute Gasteiger partial charge is 0.0943 e. The molecule has 0 bridgehead atoms. The molecule has 1 heterocycles. The fourth-order valence-corrected chi connectivity index (χ4v) is 1.14. The maximum atomic E-state index is 5.36. The average molecular weight is 203 g/mol. The zero-order chi connectivity index (χ0) is 10.9. The van der Waals surface area contributed by atoms with Crippen LogP contribution in [-0.4, -0.2) is 16.1 Å². The van der Waals surface area contributed by atoms with Crippen molar-refractivity contribution in [1.82, 2.24) is 9.55 Å². The molecule has 0 radical (unpaired) electrons. The van der Waals surface area contributed by atoms with Gasteiger partial charge in [-0.1, -0.05) is 30.3 Å². The second-order valence-electron chi connectivity index (χ2n) is 3.25.